The fourth-order valence-corrected chi connectivity index (χ4v) is 6.37. The van der Waals surface area contributed by atoms with Gasteiger partial charge in [-0.1, -0.05) is 6.92 Å². The number of hydrogen-bond donors (Lipinski definition) is 1. The van der Waals surface area contributed by atoms with E-state index in [4.69, 9.17) is 4.74 Å². The van der Waals surface area contributed by atoms with Gasteiger partial charge in [-0.3, -0.25) is 4.79 Å². The fraction of sp³-hybridized carbons (Fsp3) is 0.542. The van der Waals surface area contributed by atoms with Crippen molar-refractivity contribution < 1.29 is 14.3 Å². The molecule has 2 aromatic rings. The topological polar surface area (TPSA) is 73.2 Å². The Labute approximate surface area is 177 Å². The maximum absolute atomic E-state index is 13.2. The Hall–Kier alpha value is -2.63. The van der Waals surface area contributed by atoms with Crippen molar-refractivity contribution in [1.82, 2.24) is 15.1 Å². The number of ether oxygens (including phenoxy) is 1. The molecule has 6 rings (SSSR count). The molecule has 158 valence electrons. The summed E-state index contributed by atoms with van der Waals surface area (Å²) in [6, 6.07) is 7.42. The summed E-state index contributed by atoms with van der Waals surface area (Å²) in [4.78, 5) is 24.9. The van der Waals surface area contributed by atoms with Gasteiger partial charge in [0, 0.05) is 6.04 Å². The number of nitrogens with zero attached hydrogens (tertiary/aromatic N) is 2. The average Bonchev–Trinajstić information content (AvgIpc) is 3.19. The minimum absolute atomic E-state index is 0.00162. The zero-order chi connectivity index (χ0) is 20.8. The summed E-state index contributed by atoms with van der Waals surface area (Å²) < 4.78 is 6.56. The first-order valence-corrected chi connectivity index (χ1v) is 11.1. The lowest BCUT2D eigenvalue weighted by Crippen LogP contribution is -2.55. The number of amides is 1. The van der Waals surface area contributed by atoms with E-state index in [1.54, 1.807) is 23.0 Å². The van der Waals surface area contributed by atoms with Crippen LogP contribution in [0.3, 0.4) is 0 Å². The van der Waals surface area contributed by atoms with Crippen LogP contribution in [0.4, 0.5) is 0 Å². The van der Waals surface area contributed by atoms with E-state index >= 15 is 0 Å². The maximum atomic E-state index is 13.2. The Kier molecular flexibility index (Phi) is 4.88. The molecule has 4 saturated carbocycles. The van der Waals surface area contributed by atoms with Crippen molar-refractivity contribution in [2.45, 2.75) is 51.5 Å². The number of nitrogens with one attached hydrogen (secondary N) is 1. The van der Waals surface area contributed by atoms with Crippen LogP contribution in [-0.4, -0.2) is 34.8 Å². The second-order valence-electron chi connectivity index (χ2n) is 9.24. The Morgan fingerprint density at radius 3 is 2.27 bits per heavy atom. The summed E-state index contributed by atoms with van der Waals surface area (Å²) in [5.74, 6) is 2.72. The zero-order valence-corrected chi connectivity index (χ0v) is 17.6. The largest absolute Gasteiger partial charge is 0.465 e. The second kappa shape index (κ2) is 7.56. The molecule has 4 aliphatic carbocycles. The highest BCUT2D eigenvalue weighted by molar-refractivity contribution is 5.95. The molecule has 30 heavy (non-hydrogen) atoms. The van der Waals surface area contributed by atoms with Crippen LogP contribution in [0, 0.1) is 23.7 Å². The van der Waals surface area contributed by atoms with Gasteiger partial charge in [-0.05, 0) is 86.5 Å². The summed E-state index contributed by atoms with van der Waals surface area (Å²) in [6.07, 6.45) is 8.92. The van der Waals surface area contributed by atoms with Crippen molar-refractivity contribution in [3.05, 3.63) is 47.3 Å². The standard InChI is InChI=1S/C24H29N3O3/c1-3-21-20(13-25-27(21)19-6-4-16(5-7-19)24(29)30-2)23(28)26-22-17-9-14-8-15(11-17)12-18(22)10-14/h4-7,13-15,17-18,22H,3,8-12H2,1-2H3,(H,26,28). The van der Waals surface area contributed by atoms with E-state index in [-0.39, 0.29) is 11.9 Å². The van der Waals surface area contributed by atoms with Crippen LogP contribution >= 0.6 is 0 Å². The van der Waals surface area contributed by atoms with Crippen molar-refractivity contribution >= 4 is 11.9 Å². The monoisotopic (exact) mass is 407 g/mol. The van der Waals surface area contributed by atoms with Crippen molar-refractivity contribution in [2.75, 3.05) is 7.11 Å². The molecule has 0 unspecified atom stereocenters. The molecular weight excluding hydrogens is 378 g/mol. The van der Waals surface area contributed by atoms with Gasteiger partial charge in [0.15, 0.2) is 0 Å². The summed E-state index contributed by atoms with van der Waals surface area (Å²) >= 11 is 0. The molecule has 6 nitrogen and oxygen atoms in total. The molecule has 1 aromatic heterocycles. The number of rotatable bonds is 5. The molecule has 0 atom stereocenters. The summed E-state index contributed by atoms with van der Waals surface area (Å²) in [7, 11) is 1.37. The molecule has 1 heterocycles. The number of hydrogen-bond acceptors (Lipinski definition) is 4. The van der Waals surface area contributed by atoms with Gasteiger partial charge in [-0.2, -0.15) is 5.10 Å². The molecule has 1 amide bonds. The summed E-state index contributed by atoms with van der Waals surface area (Å²) in [5, 5.41) is 7.89. The van der Waals surface area contributed by atoms with Crippen molar-refractivity contribution in [1.29, 1.82) is 0 Å². The van der Waals surface area contributed by atoms with Gasteiger partial charge in [-0.15, -0.1) is 0 Å². The Morgan fingerprint density at radius 1 is 1.07 bits per heavy atom. The molecule has 0 radical (unpaired) electrons. The van der Waals surface area contributed by atoms with Gasteiger partial charge < -0.3 is 10.1 Å². The molecule has 1 aromatic carbocycles. The van der Waals surface area contributed by atoms with Gasteiger partial charge in [0.1, 0.15) is 0 Å². The van der Waals surface area contributed by atoms with Crippen LogP contribution in [0.5, 0.6) is 0 Å². The lowest BCUT2D eigenvalue weighted by Gasteiger charge is -2.54. The number of aromatic nitrogens is 2. The van der Waals surface area contributed by atoms with Gasteiger partial charge in [0.05, 0.1) is 35.8 Å². The highest BCUT2D eigenvalue weighted by Crippen LogP contribution is 2.53. The van der Waals surface area contributed by atoms with E-state index in [1.165, 1.54) is 39.2 Å². The summed E-state index contributed by atoms with van der Waals surface area (Å²) in [6.45, 7) is 2.04. The SMILES string of the molecule is CCc1c(C(=O)NC2C3CC4CC(C3)CC2C4)cnn1-c1ccc(C(=O)OC)cc1. The molecular formula is C24H29N3O3. The Balaban J connectivity index is 1.36. The highest BCUT2D eigenvalue weighted by atomic mass is 16.5. The quantitative estimate of drug-likeness (QED) is 0.766. The Bertz CT molecular complexity index is 935. The van der Waals surface area contributed by atoms with Crippen LogP contribution in [-0.2, 0) is 11.2 Å². The van der Waals surface area contributed by atoms with Crippen LogP contribution in [0.1, 0.15) is 65.4 Å². The van der Waals surface area contributed by atoms with Crippen LogP contribution in [0.2, 0.25) is 0 Å². The van der Waals surface area contributed by atoms with Crippen molar-refractivity contribution in [2.24, 2.45) is 23.7 Å². The third-order valence-corrected chi connectivity index (χ3v) is 7.51. The zero-order valence-electron chi connectivity index (χ0n) is 17.6. The van der Waals surface area contributed by atoms with Crippen molar-refractivity contribution in [3.8, 4) is 5.69 Å². The smallest absolute Gasteiger partial charge is 0.337 e. The second-order valence-corrected chi connectivity index (χ2v) is 9.24. The lowest BCUT2D eigenvalue weighted by molar-refractivity contribution is -0.0119. The average molecular weight is 408 g/mol. The molecule has 4 fully saturated rings. The van der Waals surface area contributed by atoms with E-state index in [1.807, 2.05) is 19.1 Å². The highest BCUT2D eigenvalue weighted by Gasteiger charge is 2.48. The minimum atomic E-state index is -0.367. The first-order chi connectivity index (χ1) is 14.6. The van der Waals surface area contributed by atoms with Gasteiger partial charge in [0.25, 0.3) is 5.91 Å². The predicted molar refractivity (Wildman–Crippen MR) is 113 cm³/mol. The normalized spacial score (nSPS) is 29.1. The molecule has 0 aliphatic heterocycles. The number of carbonyl (C=O) groups is 2. The number of methoxy groups -OCH3 is 1. The van der Waals surface area contributed by atoms with Gasteiger partial charge in [-0.25, -0.2) is 9.48 Å². The summed E-state index contributed by atoms with van der Waals surface area (Å²) in [5.41, 5.74) is 2.87. The van der Waals surface area contributed by atoms with Crippen LogP contribution in [0.15, 0.2) is 30.5 Å². The molecule has 4 bridgehead atoms. The van der Waals surface area contributed by atoms with Crippen LogP contribution in [0.25, 0.3) is 5.69 Å². The predicted octanol–water partition coefficient (Wildman–Crippen LogP) is 3.78. The van der Waals surface area contributed by atoms with E-state index in [9.17, 15) is 9.59 Å². The molecule has 0 spiro atoms. The van der Waals surface area contributed by atoms with E-state index in [0.29, 0.717) is 35.4 Å². The molecule has 0 saturated heterocycles. The van der Waals surface area contributed by atoms with E-state index in [2.05, 4.69) is 10.4 Å². The van der Waals surface area contributed by atoms with Crippen LogP contribution < -0.4 is 5.32 Å². The van der Waals surface area contributed by atoms with Gasteiger partial charge in [0.2, 0.25) is 0 Å². The number of benzene rings is 1. The third kappa shape index (κ3) is 3.22. The first kappa shape index (κ1) is 19.3. The van der Waals surface area contributed by atoms with Gasteiger partial charge >= 0.3 is 5.97 Å². The number of carbonyl (C=O) groups excluding carboxylic acids is 2. The lowest BCUT2D eigenvalue weighted by atomic mass is 9.54. The first-order valence-electron chi connectivity index (χ1n) is 11.1. The van der Waals surface area contributed by atoms with E-state index in [0.717, 1.165) is 23.2 Å². The molecule has 1 N–H and O–H groups in total. The van der Waals surface area contributed by atoms with E-state index < -0.39 is 0 Å². The third-order valence-electron chi connectivity index (χ3n) is 7.51. The minimum Gasteiger partial charge on any atom is -0.465 e. The maximum Gasteiger partial charge on any atom is 0.337 e. The van der Waals surface area contributed by atoms with Crippen molar-refractivity contribution in [3.63, 3.8) is 0 Å². The molecule has 6 heteroatoms. The number of esters is 1. The Morgan fingerprint density at radius 2 is 1.70 bits per heavy atom. The molecule has 4 aliphatic rings. The fourth-order valence-electron chi connectivity index (χ4n) is 6.37.